The van der Waals surface area contributed by atoms with Crippen LogP contribution in [0.3, 0.4) is 0 Å². The van der Waals surface area contributed by atoms with Crippen LogP contribution in [0.4, 0.5) is 0 Å². The van der Waals surface area contributed by atoms with Crippen LogP contribution < -0.4 is 4.90 Å². The number of carbonyl (C=O) groups is 1. The lowest BCUT2D eigenvalue weighted by atomic mass is 10.1. The molecule has 0 radical (unpaired) electrons. The first-order chi connectivity index (χ1) is 12.0. The summed E-state index contributed by atoms with van der Waals surface area (Å²) in [5, 5.41) is 0. The van der Waals surface area contributed by atoms with Gasteiger partial charge in [-0.1, -0.05) is 18.2 Å². The highest BCUT2D eigenvalue weighted by atomic mass is 32.2. The van der Waals surface area contributed by atoms with Gasteiger partial charge in [-0.25, -0.2) is 8.42 Å². The number of nitrogens with zero attached hydrogens (tertiary/aromatic N) is 2. The Hall–Kier alpha value is -1.44. The first-order valence-corrected chi connectivity index (χ1v) is 10.6. The maximum absolute atomic E-state index is 12.8. The number of amides is 1. The number of nitrogens with one attached hydrogen (secondary N) is 1. The predicted molar refractivity (Wildman–Crippen MR) is 95.8 cm³/mol. The second-order valence-corrected chi connectivity index (χ2v) is 8.92. The Balaban J connectivity index is 1.59. The van der Waals surface area contributed by atoms with E-state index in [1.165, 1.54) is 28.5 Å². The van der Waals surface area contributed by atoms with Gasteiger partial charge in [-0.2, -0.15) is 4.31 Å². The number of piperidine rings is 1. The van der Waals surface area contributed by atoms with E-state index in [9.17, 15) is 13.2 Å². The first-order valence-electron chi connectivity index (χ1n) is 9.19. The zero-order valence-electron chi connectivity index (χ0n) is 14.9. The molecule has 6 nitrogen and oxygen atoms in total. The first kappa shape index (κ1) is 18.4. The van der Waals surface area contributed by atoms with E-state index in [1.807, 2.05) is 11.8 Å². The highest BCUT2D eigenvalue weighted by molar-refractivity contribution is 7.89. The van der Waals surface area contributed by atoms with Crippen LogP contribution in [-0.4, -0.2) is 68.8 Å². The second kappa shape index (κ2) is 7.85. The lowest BCUT2D eigenvalue weighted by molar-refractivity contribution is -0.919. The average molecular weight is 367 g/mol. The summed E-state index contributed by atoms with van der Waals surface area (Å²) < 4.78 is 26.8. The molecule has 138 valence electrons. The third-order valence-corrected chi connectivity index (χ3v) is 7.32. The molecular weight excluding hydrogens is 338 g/mol. The third-order valence-electron chi connectivity index (χ3n) is 5.41. The van der Waals surface area contributed by atoms with E-state index in [1.54, 1.807) is 30.3 Å². The Bertz CT molecular complexity index is 679. The maximum atomic E-state index is 12.8. The van der Waals surface area contributed by atoms with Crippen molar-refractivity contribution in [1.82, 2.24) is 9.21 Å². The van der Waals surface area contributed by atoms with E-state index < -0.39 is 10.0 Å². The van der Waals surface area contributed by atoms with Crippen molar-refractivity contribution < 1.29 is 18.1 Å². The number of carbonyl (C=O) groups excluding carboxylic acids is 1. The topological polar surface area (TPSA) is 62.1 Å². The molecule has 1 aromatic carbocycles. The van der Waals surface area contributed by atoms with Gasteiger partial charge in [0.25, 0.3) is 5.91 Å². The number of hydrogen-bond donors (Lipinski definition) is 1. The summed E-state index contributed by atoms with van der Waals surface area (Å²) in [6.45, 7) is 5.82. The van der Waals surface area contributed by atoms with Crippen molar-refractivity contribution in [3.63, 3.8) is 0 Å². The molecule has 7 heteroatoms. The molecule has 2 fully saturated rings. The number of benzene rings is 1. The van der Waals surface area contributed by atoms with E-state index in [2.05, 4.69) is 0 Å². The van der Waals surface area contributed by atoms with Gasteiger partial charge in [-0.15, -0.1) is 0 Å². The number of rotatable bonds is 4. The molecule has 0 unspecified atom stereocenters. The molecule has 25 heavy (non-hydrogen) atoms. The van der Waals surface area contributed by atoms with Crippen LogP contribution in [0.1, 0.15) is 26.2 Å². The van der Waals surface area contributed by atoms with Gasteiger partial charge >= 0.3 is 0 Å². The fraction of sp³-hybridized carbons (Fsp3) is 0.611. The largest absolute Gasteiger partial charge is 0.335 e. The molecule has 0 aromatic heterocycles. The molecule has 2 aliphatic rings. The van der Waals surface area contributed by atoms with Gasteiger partial charge < -0.3 is 9.80 Å². The van der Waals surface area contributed by atoms with Crippen LogP contribution in [0, 0.1) is 0 Å². The number of quaternary nitrogens is 1. The molecule has 3 rings (SSSR count). The second-order valence-electron chi connectivity index (χ2n) is 6.98. The van der Waals surface area contributed by atoms with Gasteiger partial charge in [-0.3, -0.25) is 4.79 Å². The Kier molecular flexibility index (Phi) is 5.76. The molecule has 0 aliphatic carbocycles. The zero-order valence-corrected chi connectivity index (χ0v) is 15.7. The summed E-state index contributed by atoms with van der Waals surface area (Å²) in [4.78, 5) is 16.3. The minimum atomic E-state index is -3.46. The summed E-state index contributed by atoms with van der Waals surface area (Å²) >= 11 is 0. The van der Waals surface area contributed by atoms with Crippen molar-refractivity contribution in [1.29, 1.82) is 0 Å². The Labute approximate surface area is 150 Å². The molecular formula is C18H28N3O3S+. The van der Waals surface area contributed by atoms with Crippen molar-refractivity contribution >= 4 is 15.9 Å². The fourth-order valence-electron chi connectivity index (χ4n) is 3.78. The van der Waals surface area contributed by atoms with Crippen molar-refractivity contribution in [2.45, 2.75) is 37.1 Å². The highest BCUT2D eigenvalue weighted by Gasteiger charge is 2.34. The summed E-state index contributed by atoms with van der Waals surface area (Å²) in [5.74, 6) is 0.161. The van der Waals surface area contributed by atoms with Crippen LogP contribution in [0.25, 0.3) is 0 Å². The van der Waals surface area contributed by atoms with Gasteiger partial charge in [-0.05, 0) is 38.3 Å². The van der Waals surface area contributed by atoms with Gasteiger partial charge in [0.15, 0.2) is 6.04 Å². The van der Waals surface area contributed by atoms with Crippen LogP contribution in [0.5, 0.6) is 0 Å². The normalized spacial score (nSPS) is 21.9. The molecule has 2 saturated heterocycles. The van der Waals surface area contributed by atoms with E-state index in [0.29, 0.717) is 31.1 Å². The van der Waals surface area contributed by atoms with Crippen LogP contribution in [0.2, 0.25) is 0 Å². The number of likely N-dealkylation sites (tertiary alicyclic amines) is 1. The highest BCUT2D eigenvalue weighted by Crippen LogP contribution is 2.17. The number of hydrogen-bond acceptors (Lipinski definition) is 3. The van der Waals surface area contributed by atoms with Gasteiger partial charge in [0, 0.05) is 26.2 Å². The molecule has 0 saturated carbocycles. The van der Waals surface area contributed by atoms with Crippen LogP contribution >= 0.6 is 0 Å². The fourth-order valence-corrected chi connectivity index (χ4v) is 5.22. The average Bonchev–Trinajstić information content (AvgIpc) is 2.68. The quantitative estimate of drug-likeness (QED) is 0.815. The Morgan fingerprint density at radius 3 is 2.20 bits per heavy atom. The van der Waals surface area contributed by atoms with Gasteiger partial charge in [0.05, 0.1) is 18.0 Å². The van der Waals surface area contributed by atoms with E-state index in [4.69, 9.17) is 0 Å². The molecule has 1 atom stereocenters. The van der Waals surface area contributed by atoms with Crippen molar-refractivity contribution in [3.05, 3.63) is 30.3 Å². The molecule has 1 amide bonds. The smallest absolute Gasteiger partial charge is 0.280 e. The third kappa shape index (κ3) is 4.04. The SMILES string of the molecule is C[C@@H](C(=O)N1CCN(S(=O)(=O)c2ccccc2)CC1)[NH+]1CCCCC1. The maximum Gasteiger partial charge on any atom is 0.280 e. The van der Waals surface area contributed by atoms with Crippen LogP contribution in [-0.2, 0) is 14.8 Å². The molecule has 0 bridgehead atoms. The van der Waals surface area contributed by atoms with Crippen molar-refractivity contribution in [2.75, 3.05) is 39.3 Å². The van der Waals surface area contributed by atoms with Crippen LogP contribution in [0.15, 0.2) is 35.2 Å². The summed E-state index contributed by atoms with van der Waals surface area (Å²) in [5.41, 5.74) is 0. The number of piperazine rings is 1. The lowest BCUT2D eigenvalue weighted by Gasteiger charge is -2.37. The monoisotopic (exact) mass is 366 g/mol. The zero-order chi connectivity index (χ0) is 17.9. The van der Waals surface area contributed by atoms with E-state index in [-0.39, 0.29) is 11.9 Å². The Morgan fingerprint density at radius 1 is 1.00 bits per heavy atom. The molecule has 0 spiro atoms. The Morgan fingerprint density at radius 2 is 1.60 bits per heavy atom. The summed E-state index contributed by atoms with van der Waals surface area (Å²) in [7, 11) is -3.46. The minimum Gasteiger partial charge on any atom is -0.335 e. The summed E-state index contributed by atoms with van der Waals surface area (Å²) in [6.07, 6.45) is 3.65. The van der Waals surface area contributed by atoms with Gasteiger partial charge in [0.1, 0.15) is 0 Å². The predicted octanol–water partition coefficient (Wildman–Crippen LogP) is -0.0232. The van der Waals surface area contributed by atoms with E-state index >= 15 is 0 Å². The number of sulfonamides is 1. The molecule has 2 heterocycles. The minimum absolute atomic E-state index is 0.0300. The molecule has 1 N–H and O–H groups in total. The lowest BCUT2D eigenvalue weighted by Crippen LogP contribution is -3.17. The van der Waals surface area contributed by atoms with E-state index in [0.717, 1.165) is 13.1 Å². The molecule has 2 aliphatic heterocycles. The van der Waals surface area contributed by atoms with Crippen molar-refractivity contribution in [2.24, 2.45) is 0 Å². The summed E-state index contributed by atoms with van der Waals surface area (Å²) in [6, 6.07) is 8.48. The van der Waals surface area contributed by atoms with Gasteiger partial charge in [0.2, 0.25) is 10.0 Å². The van der Waals surface area contributed by atoms with Crippen molar-refractivity contribution in [3.8, 4) is 0 Å². The standard InChI is InChI=1S/C18H27N3O3S/c1-16(19-10-6-3-7-11-19)18(22)20-12-14-21(15-13-20)25(23,24)17-8-4-2-5-9-17/h2,4-5,8-9,16H,3,6-7,10-15H2,1H3/p+1/t16-/m0/s1. The molecule has 1 aromatic rings.